The molecule has 0 bridgehead atoms. The fourth-order valence-electron chi connectivity index (χ4n) is 5.35. The standard InChI is InChI=1S/C24H37N3O3.C4H10.C2H5NO.C2H6/c1-16(17-9-5-10-17)20-11-6-14-27(20)21(28)15-25-24(30)22(18-7-3-2-4-8-18)26-23(29)19-12-13-19;1-4(2)3;1-4-2-3;1-2/h18-20,22H,2-15H2,1H3,(H,25,30)(H,26,29);4H,1-3H3;2-3H,1H3;1-2H3. The van der Waals surface area contributed by atoms with Crippen molar-refractivity contribution in [2.75, 3.05) is 20.2 Å². The lowest BCUT2D eigenvalue weighted by atomic mass is 9.83. The van der Waals surface area contributed by atoms with Gasteiger partial charge in [-0.25, -0.2) is 0 Å². The minimum Gasteiger partial charge on any atom is -0.487 e. The third-order valence-corrected chi connectivity index (χ3v) is 7.77. The van der Waals surface area contributed by atoms with Gasteiger partial charge in [-0.2, -0.15) is 0 Å². The van der Waals surface area contributed by atoms with E-state index in [0.29, 0.717) is 0 Å². The van der Waals surface area contributed by atoms with Crippen LogP contribution in [0.2, 0.25) is 0 Å². The molecule has 4 rings (SSSR count). The molecule has 2 atom stereocenters. The number of hydrogen-bond acceptors (Lipinski definition) is 5. The van der Waals surface area contributed by atoms with E-state index < -0.39 is 6.04 Å². The van der Waals surface area contributed by atoms with Gasteiger partial charge in [-0.3, -0.25) is 19.8 Å². The van der Waals surface area contributed by atoms with Gasteiger partial charge < -0.3 is 20.3 Å². The summed E-state index contributed by atoms with van der Waals surface area (Å²) >= 11 is 0. The van der Waals surface area contributed by atoms with Gasteiger partial charge in [-0.05, 0) is 76.5 Å². The zero-order valence-corrected chi connectivity index (χ0v) is 26.4. The number of carbonyl (C=O) groups is 3. The number of hydrogen-bond donors (Lipinski definition) is 3. The molecule has 0 aromatic rings. The SMILES string of the molecule is CC.CC(=C1CCC1)C1CCCN1C(=O)CNC(=O)C(NC(=O)C1CC1)C1CCCCC1.CC(C)C.COC=N. The molecule has 3 saturated carbocycles. The van der Waals surface area contributed by atoms with Crippen LogP contribution in [-0.2, 0) is 19.1 Å². The molecule has 3 aliphatic carbocycles. The van der Waals surface area contributed by atoms with Gasteiger partial charge in [0.25, 0.3) is 0 Å². The number of methoxy groups -OCH3 is 1. The zero-order valence-electron chi connectivity index (χ0n) is 26.4. The highest BCUT2D eigenvalue weighted by molar-refractivity contribution is 5.92. The van der Waals surface area contributed by atoms with Crippen LogP contribution in [0.5, 0.6) is 0 Å². The van der Waals surface area contributed by atoms with Crippen molar-refractivity contribution in [1.29, 1.82) is 5.41 Å². The van der Waals surface area contributed by atoms with Crippen LogP contribution >= 0.6 is 0 Å². The Kier molecular flexibility index (Phi) is 17.5. The summed E-state index contributed by atoms with van der Waals surface area (Å²) < 4.78 is 4.08. The Balaban J connectivity index is 0.000000699. The fourth-order valence-corrected chi connectivity index (χ4v) is 5.35. The van der Waals surface area contributed by atoms with E-state index in [1.807, 2.05) is 18.7 Å². The smallest absolute Gasteiger partial charge is 0.243 e. The van der Waals surface area contributed by atoms with E-state index in [4.69, 9.17) is 5.41 Å². The molecule has 4 aliphatic rings. The van der Waals surface area contributed by atoms with E-state index in [1.54, 1.807) is 0 Å². The molecule has 1 heterocycles. The number of rotatable bonds is 8. The maximum atomic E-state index is 13.0. The van der Waals surface area contributed by atoms with Crippen molar-refractivity contribution < 1.29 is 19.1 Å². The molecule has 3 amide bonds. The van der Waals surface area contributed by atoms with E-state index in [2.05, 4.69) is 43.1 Å². The second kappa shape index (κ2) is 19.7. The van der Waals surface area contributed by atoms with Crippen molar-refractivity contribution in [1.82, 2.24) is 15.5 Å². The largest absolute Gasteiger partial charge is 0.487 e. The molecule has 2 unspecified atom stereocenters. The first-order valence-corrected chi connectivity index (χ1v) is 15.8. The predicted molar refractivity (Wildman–Crippen MR) is 163 cm³/mol. The van der Waals surface area contributed by atoms with Gasteiger partial charge >= 0.3 is 0 Å². The summed E-state index contributed by atoms with van der Waals surface area (Å²) in [5, 5.41) is 12.0. The molecule has 0 spiro atoms. The van der Waals surface area contributed by atoms with Crippen LogP contribution in [0.4, 0.5) is 0 Å². The minimum absolute atomic E-state index is 0.000960. The molecule has 1 aliphatic heterocycles. The van der Waals surface area contributed by atoms with Crippen LogP contribution in [0.1, 0.15) is 119 Å². The first-order chi connectivity index (χ1) is 19.2. The first-order valence-electron chi connectivity index (χ1n) is 15.8. The van der Waals surface area contributed by atoms with Crippen molar-refractivity contribution in [3.05, 3.63) is 11.1 Å². The predicted octanol–water partition coefficient (Wildman–Crippen LogP) is 6.00. The lowest BCUT2D eigenvalue weighted by Gasteiger charge is -2.31. The number of amides is 3. The van der Waals surface area contributed by atoms with Crippen LogP contribution in [0.3, 0.4) is 0 Å². The molecular formula is C32H58N4O4. The highest BCUT2D eigenvalue weighted by Gasteiger charge is 2.37. The highest BCUT2D eigenvalue weighted by Crippen LogP contribution is 2.34. The van der Waals surface area contributed by atoms with E-state index >= 15 is 0 Å². The molecule has 8 nitrogen and oxygen atoms in total. The molecule has 0 radical (unpaired) electrons. The number of nitrogens with one attached hydrogen (secondary N) is 3. The maximum Gasteiger partial charge on any atom is 0.243 e. The van der Waals surface area contributed by atoms with Crippen molar-refractivity contribution in [3.8, 4) is 0 Å². The van der Waals surface area contributed by atoms with Crippen LogP contribution in [0, 0.1) is 23.2 Å². The van der Waals surface area contributed by atoms with Gasteiger partial charge in [0, 0.05) is 12.5 Å². The summed E-state index contributed by atoms with van der Waals surface area (Å²) in [4.78, 5) is 40.3. The van der Waals surface area contributed by atoms with Crippen LogP contribution in [0.15, 0.2) is 11.1 Å². The van der Waals surface area contributed by atoms with Crippen LogP contribution in [-0.4, -0.2) is 61.3 Å². The van der Waals surface area contributed by atoms with Crippen molar-refractivity contribution >= 4 is 24.1 Å². The lowest BCUT2D eigenvalue weighted by Crippen LogP contribution is -2.53. The molecule has 0 aromatic heterocycles. The summed E-state index contributed by atoms with van der Waals surface area (Å²) in [6, 6.07) is -0.298. The maximum absolute atomic E-state index is 13.0. The van der Waals surface area contributed by atoms with E-state index in [-0.39, 0.29) is 42.1 Å². The molecule has 4 fully saturated rings. The number of carbonyl (C=O) groups excluding carboxylic acids is 3. The highest BCUT2D eigenvalue weighted by atomic mass is 16.5. The second-order valence-electron chi connectivity index (χ2n) is 11.8. The Morgan fingerprint density at radius 3 is 2.02 bits per heavy atom. The van der Waals surface area contributed by atoms with Crippen LogP contribution < -0.4 is 10.6 Å². The summed E-state index contributed by atoms with van der Waals surface area (Å²) in [7, 11) is 1.44. The van der Waals surface area contributed by atoms with Gasteiger partial charge in [0.2, 0.25) is 17.7 Å². The van der Waals surface area contributed by atoms with Gasteiger partial charge in [0.1, 0.15) is 6.04 Å². The van der Waals surface area contributed by atoms with Gasteiger partial charge in [-0.1, -0.05) is 65.0 Å². The Hall–Kier alpha value is -2.38. The quantitative estimate of drug-likeness (QED) is 0.191. The topological polar surface area (TPSA) is 112 Å². The molecular weight excluding hydrogens is 504 g/mol. The molecule has 1 saturated heterocycles. The molecule has 230 valence electrons. The third-order valence-electron chi connectivity index (χ3n) is 7.77. The number of likely N-dealkylation sites (tertiary alicyclic amines) is 1. The van der Waals surface area contributed by atoms with Crippen LogP contribution in [0.25, 0.3) is 0 Å². The van der Waals surface area contributed by atoms with E-state index in [1.165, 1.54) is 43.9 Å². The van der Waals surface area contributed by atoms with Gasteiger partial charge in [0.05, 0.1) is 19.7 Å². The average molecular weight is 563 g/mol. The van der Waals surface area contributed by atoms with Crippen molar-refractivity contribution in [2.24, 2.45) is 17.8 Å². The van der Waals surface area contributed by atoms with E-state index in [9.17, 15) is 14.4 Å². The molecule has 40 heavy (non-hydrogen) atoms. The van der Waals surface area contributed by atoms with Crippen molar-refractivity contribution in [2.45, 2.75) is 131 Å². The summed E-state index contributed by atoms with van der Waals surface area (Å²) in [6.45, 7) is 13.5. The van der Waals surface area contributed by atoms with Crippen molar-refractivity contribution in [3.63, 3.8) is 0 Å². The second-order valence-corrected chi connectivity index (χ2v) is 11.8. The first kappa shape index (κ1) is 35.6. The van der Waals surface area contributed by atoms with Gasteiger partial charge in [0.15, 0.2) is 6.40 Å². The Morgan fingerprint density at radius 1 is 0.975 bits per heavy atom. The minimum atomic E-state index is -0.501. The third kappa shape index (κ3) is 12.4. The zero-order chi connectivity index (χ0) is 30.1. The number of nitrogens with zero attached hydrogens (tertiary/aromatic N) is 1. The molecule has 0 aromatic carbocycles. The summed E-state index contributed by atoms with van der Waals surface area (Å²) in [6.07, 6.45) is 13.7. The van der Waals surface area contributed by atoms with Gasteiger partial charge in [-0.15, -0.1) is 0 Å². The number of ether oxygens (including phenoxy) is 1. The molecule has 3 N–H and O–H groups in total. The average Bonchev–Trinajstić information content (AvgIpc) is 3.66. The Labute approximate surface area is 244 Å². The normalized spacial score (nSPS) is 20.6. The fraction of sp³-hybridized carbons (Fsp3) is 0.812. The Bertz CT molecular complexity index is 807. The Morgan fingerprint density at radius 2 is 1.55 bits per heavy atom. The monoisotopic (exact) mass is 562 g/mol. The molecule has 8 heteroatoms. The summed E-state index contributed by atoms with van der Waals surface area (Å²) in [5.41, 5.74) is 2.89. The van der Waals surface area contributed by atoms with E-state index in [0.717, 1.165) is 70.2 Å². The number of allylic oxidation sites excluding steroid dienone is 1. The lowest BCUT2D eigenvalue weighted by molar-refractivity contribution is -0.135. The summed E-state index contributed by atoms with van der Waals surface area (Å²) in [5.74, 6) is 0.921.